The lowest BCUT2D eigenvalue weighted by Crippen LogP contribution is -2.36. The molecule has 98 valence electrons. The fraction of sp³-hybridized carbons (Fsp3) is 0.385. The van der Waals surface area contributed by atoms with E-state index in [2.05, 4.69) is 0 Å². The van der Waals surface area contributed by atoms with Gasteiger partial charge in [-0.3, -0.25) is 9.59 Å². The Morgan fingerprint density at radius 2 is 1.67 bits per heavy atom. The number of amides is 1. The minimum atomic E-state index is -0.978. The molecule has 0 atom stereocenters. The lowest BCUT2D eigenvalue weighted by molar-refractivity contribution is -0.125. The van der Waals surface area contributed by atoms with Crippen LogP contribution < -0.4 is 4.90 Å². The number of rotatable bonds is 2. The van der Waals surface area contributed by atoms with Gasteiger partial charge in [-0.2, -0.15) is 0 Å². The molecule has 0 fully saturated rings. The first-order chi connectivity index (χ1) is 8.18. The van der Waals surface area contributed by atoms with Crippen molar-refractivity contribution >= 4 is 17.9 Å². The van der Waals surface area contributed by atoms with Crippen LogP contribution >= 0.6 is 0 Å². The standard InChI is InChI=1S/C13H15F2NO2/c1-13(2,3)12(18)16(4)8-5-10(14)9(7-17)11(15)6-8/h5-7H,1-4H3. The van der Waals surface area contributed by atoms with E-state index in [0.29, 0.717) is 0 Å². The van der Waals surface area contributed by atoms with Gasteiger partial charge in [-0.1, -0.05) is 20.8 Å². The minimum Gasteiger partial charge on any atom is -0.315 e. The average Bonchev–Trinajstić information content (AvgIpc) is 2.25. The number of carbonyl (C=O) groups is 2. The molecule has 0 aromatic heterocycles. The highest BCUT2D eigenvalue weighted by atomic mass is 19.1. The van der Waals surface area contributed by atoms with Crippen LogP contribution in [0.3, 0.4) is 0 Å². The van der Waals surface area contributed by atoms with Crippen LogP contribution in [0.15, 0.2) is 12.1 Å². The molecule has 0 bridgehead atoms. The van der Waals surface area contributed by atoms with Crippen molar-refractivity contribution in [3.05, 3.63) is 29.3 Å². The highest BCUT2D eigenvalue weighted by molar-refractivity contribution is 5.96. The van der Waals surface area contributed by atoms with Crippen LogP contribution in [-0.4, -0.2) is 19.2 Å². The van der Waals surface area contributed by atoms with Gasteiger partial charge < -0.3 is 4.90 Å². The summed E-state index contributed by atoms with van der Waals surface area (Å²) in [7, 11) is 1.43. The van der Waals surface area contributed by atoms with E-state index in [1.54, 1.807) is 20.8 Å². The lowest BCUT2D eigenvalue weighted by Gasteiger charge is -2.26. The molecule has 0 saturated heterocycles. The zero-order valence-electron chi connectivity index (χ0n) is 10.8. The van der Waals surface area contributed by atoms with Crippen molar-refractivity contribution in [3.8, 4) is 0 Å². The van der Waals surface area contributed by atoms with Crippen molar-refractivity contribution in [2.24, 2.45) is 5.41 Å². The second kappa shape index (κ2) is 4.84. The smallest absolute Gasteiger partial charge is 0.232 e. The quantitative estimate of drug-likeness (QED) is 0.762. The van der Waals surface area contributed by atoms with Crippen molar-refractivity contribution in [1.29, 1.82) is 0 Å². The molecule has 0 heterocycles. The highest BCUT2D eigenvalue weighted by Gasteiger charge is 2.26. The van der Waals surface area contributed by atoms with Gasteiger partial charge in [0.2, 0.25) is 5.91 Å². The second-order valence-electron chi connectivity index (χ2n) is 5.06. The van der Waals surface area contributed by atoms with E-state index in [1.165, 1.54) is 11.9 Å². The summed E-state index contributed by atoms with van der Waals surface area (Å²) in [6.45, 7) is 5.12. The van der Waals surface area contributed by atoms with Gasteiger partial charge in [-0.15, -0.1) is 0 Å². The van der Waals surface area contributed by atoms with Crippen molar-refractivity contribution < 1.29 is 18.4 Å². The van der Waals surface area contributed by atoms with E-state index in [1.807, 2.05) is 0 Å². The summed E-state index contributed by atoms with van der Waals surface area (Å²) in [5, 5.41) is 0. The zero-order chi connectivity index (χ0) is 14.1. The van der Waals surface area contributed by atoms with Crippen LogP contribution in [0.4, 0.5) is 14.5 Å². The molecule has 0 radical (unpaired) electrons. The van der Waals surface area contributed by atoms with E-state index < -0.39 is 22.6 Å². The normalized spacial score (nSPS) is 11.2. The Bertz CT molecular complexity index is 469. The molecule has 1 aromatic rings. The maximum absolute atomic E-state index is 13.4. The number of carbonyl (C=O) groups excluding carboxylic acids is 2. The van der Waals surface area contributed by atoms with Crippen LogP contribution in [0.1, 0.15) is 31.1 Å². The van der Waals surface area contributed by atoms with Gasteiger partial charge in [0.05, 0.1) is 5.56 Å². The Morgan fingerprint density at radius 3 is 2.00 bits per heavy atom. The third kappa shape index (κ3) is 2.72. The van der Waals surface area contributed by atoms with Gasteiger partial charge in [0.1, 0.15) is 11.6 Å². The van der Waals surface area contributed by atoms with E-state index in [0.717, 1.165) is 12.1 Å². The van der Waals surface area contributed by atoms with Crippen LogP contribution in [0, 0.1) is 17.0 Å². The topological polar surface area (TPSA) is 37.4 Å². The Balaban J connectivity index is 3.20. The van der Waals surface area contributed by atoms with Crippen LogP contribution in [-0.2, 0) is 4.79 Å². The van der Waals surface area contributed by atoms with Crippen molar-refractivity contribution in [2.45, 2.75) is 20.8 Å². The molecule has 1 amide bonds. The average molecular weight is 255 g/mol. The summed E-state index contributed by atoms with van der Waals surface area (Å²) in [5.41, 5.74) is -1.21. The zero-order valence-corrected chi connectivity index (χ0v) is 10.8. The number of aldehydes is 1. The fourth-order valence-corrected chi connectivity index (χ4v) is 1.50. The molecule has 0 N–H and O–H groups in total. The van der Waals surface area contributed by atoms with E-state index >= 15 is 0 Å². The first-order valence-corrected chi connectivity index (χ1v) is 5.41. The summed E-state index contributed by atoms with van der Waals surface area (Å²) < 4.78 is 26.8. The Kier molecular flexibility index (Phi) is 3.84. The number of hydrogen-bond donors (Lipinski definition) is 0. The van der Waals surface area contributed by atoms with Gasteiger partial charge in [-0.25, -0.2) is 8.78 Å². The van der Waals surface area contributed by atoms with Crippen molar-refractivity contribution in [2.75, 3.05) is 11.9 Å². The predicted molar refractivity (Wildman–Crippen MR) is 64.6 cm³/mol. The molecular formula is C13H15F2NO2. The molecule has 5 heteroatoms. The third-order valence-electron chi connectivity index (χ3n) is 2.52. The number of anilines is 1. The maximum Gasteiger partial charge on any atom is 0.232 e. The number of halogens is 2. The summed E-state index contributed by atoms with van der Waals surface area (Å²) in [6, 6.07) is 1.94. The lowest BCUT2D eigenvalue weighted by atomic mass is 9.94. The van der Waals surface area contributed by atoms with Gasteiger partial charge in [-0.05, 0) is 12.1 Å². The van der Waals surface area contributed by atoms with Crippen LogP contribution in [0.25, 0.3) is 0 Å². The number of nitrogens with zero attached hydrogens (tertiary/aromatic N) is 1. The molecule has 0 aliphatic carbocycles. The monoisotopic (exact) mass is 255 g/mol. The molecular weight excluding hydrogens is 240 g/mol. The van der Waals surface area contributed by atoms with E-state index in [4.69, 9.17) is 0 Å². The summed E-state index contributed by atoms with van der Waals surface area (Å²) >= 11 is 0. The predicted octanol–water partition coefficient (Wildman–Crippen LogP) is 2.79. The molecule has 18 heavy (non-hydrogen) atoms. The van der Waals surface area contributed by atoms with Crippen LogP contribution in [0.5, 0.6) is 0 Å². The SMILES string of the molecule is CN(C(=O)C(C)(C)C)c1cc(F)c(C=O)c(F)c1. The summed E-state index contributed by atoms with van der Waals surface area (Å²) in [5.74, 6) is -2.23. The van der Waals surface area contributed by atoms with Gasteiger partial charge in [0.25, 0.3) is 0 Å². The molecule has 0 aliphatic rings. The largest absolute Gasteiger partial charge is 0.315 e. The molecule has 3 nitrogen and oxygen atoms in total. The molecule has 0 spiro atoms. The summed E-state index contributed by atoms with van der Waals surface area (Å²) in [6.07, 6.45) is 0.111. The third-order valence-corrected chi connectivity index (χ3v) is 2.52. The van der Waals surface area contributed by atoms with Gasteiger partial charge in [0.15, 0.2) is 6.29 Å². The van der Waals surface area contributed by atoms with E-state index in [-0.39, 0.29) is 17.9 Å². The van der Waals surface area contributed by atoms with Gasteiger partial charge in [0, 0.05) is 18.2 Å². The van der Waals surface area contributed by atoms with Crippen molar-refractivity contribution in [1.82, 2.24) is 0 Å². The summed E-state index contributed by atoms with van der Waals surface area (Å²) in [4.78, 5) is 23.6. The molecule has 0 saturated carbocycles. The molecule has 0 aliphatic heterocycles. The fourth-order valence-electron chi connectivity index (χ4n) is 1.50. The molecule has 0 unspecified atom stereocenters. The number of hydrogen-bond acceptors (Lipinski definition) is 2. The Morgan fingerprint density at radius 1 is 1.22 bits per heavy atom. The molecule has 1 rings (SSSR count). The Hall–Kier alpha value is -1.78. The maximum atomic E-state index is 13.4. The van der Waals surface area contributed by atoms with Gasteiger partial charge >= 0.3 is 0 Å². The first kappa shape index (κ1) is 14.3. The van der Waals surface area contributed by atoms with Crippen molar-refractivity contribution in [3.63, 3.8) is 0 Å². The Labute approximate surface area is 104 Å². The first-order valence-electron chi connectivity index (χ1n) is 5.41. The van der Waals surface area contributed by atoms with Crippen LogP contribution in [0.2, 0.25) is 0 Å². The van der Waals surface area contributed by atoms with E-state index in [9.17, 15) is 18.4 Å². The minimum absolute atomic E-state index is 0.0792. The number of benzene rings is 1. The second-order valence-corrected chi connectivity index (χ2v) is 5.06. The highest BCUT2D eigenvalue weighted by Crippen LogP contribution is 2.25. The molecule has 1 aromatic carbocycles.